The third-order valence-corrected chi connectivity index (χ3v) is 6.30. The monoisotopic (exact) mass is 312 g/mol. The molecular weight excluding hydrogens is 288 g/mol. The van der Waals surface area contributed by atoms with Crippen molar-refractivity contribution in [3.05, 3.63) is 11.3 Å². The molecule has 1 aromatic heterocycles. The first-order chi connectivity index (χ1) is 9.87. The highest BCUT2D eigenvalue weighted by atomic mass is 32.2. The molecule has 6 nitrogen and oxygen atoms in total. The number of anilines is 1. The number of aryl methyl sites for hydroxylation is 2. The van der Waals surface area contributed by atoms with Crippen molar-refractivity contribution in [2.75, 3.05) is 23.5 Å². The molecule has 0 amide bonds. The zero-order valence-corrected chi connectivity index (χ0v) is 13.8. The van der Waals surface area contributed by atoms with Crippen LogP contribution in [-0.2, 0) is 23.4 Å². The fourth-order valence-electron chi connectivity index (χ4n) is 3.13. The minimum atomic E-state index is -2.87. The normalized spacial score (nSPS) is 24.4. The second-order valence-electron chi connectivity index (χ2n) is 6.33. The quantitative estimate of drug-likeness (QED) is 0.862. The number of rotatable bonds is 5. The van der Waals surface area contributed by atoms with Crippen LogP contribution in [0.2, 0.25) is 0 Å². The number of aromatic nitrogens is 2. The summed E-state index contributed by atoms with van der Waals surface area (Å²) in [5.74, 6) is 1.60. The van der Waals surface area contributed by atoms with Crippen LogP contribution in [0.5, 0.6) is 0 Å². The number of sulfone groups is 1. The zero-order valence-electron chi connectivity index (χ0n) is 13.0. The van der Waals surface area contributed by atoms with Gasteiger partial charge in [-0.1, -0.05) is 0 Å². The molecule has 7 heteroatoms. The highest BCUT2D eigenvalue weighted by Crippen LogP contribution is 2.28. The molecule has 2 fully saturated rings. The molecule has 118 valence electrons. The lowest BCUT2D eigenvalue weighted by Gasteiger charge is -2.27. The van der Waals surface area contributed by atoms with Gasteiger partial charge in [-0.15, -0.1) is 0 Å². The predicted octanol–water partition coefficient (Wildman–Crippen LogP) is 0.604. The van der Waals surface area contributed by atoms with Gasteiger partial charge in [0.2, 0.25) is 0 Å². The number of nitrogens with zero attached hydrogens (tertiary/aromatic N) is 3. The first-order valence-corrected chi connectivity index (χ1v) is 9.38. The molecule has 0 bridgehead atoms. The van der Waals surface area contributed by atoms with E-state index in [0.29, 0.717) is 18.2 Å². The lowest BCUT2D eigenvalue weighted by Crippen LogP contribution is -2.35. The van der Waals surface area contributed by atoms with Crippen molar-refractivity contribution in [1.82, 2.24) is 15.1 Å². The summed E-state index contributed by atoms with van der Waals surface area (Å²) in [5, 5.41) is 8.05. The molecule has 3 rings (SSSR count). The van der Waals surface area contributed by atoms with E-state index in [9.17, 15) is 8.42 Å². The molecule has 1 unspecified atom stereocenters. The van der Waals surface area contributed by atoms with Gasteiger partial charge in [-0.05, 0) is 26.2 Å². The van der Waals surface area contributed by atoms with Crippen LogP contribution < -0.4 is 10.2 Å². The van der Waals surface area contributed by atoms with Crippen molar-refractivity contribution in [2.24, 2.45) is 7.05 Å². The van der Waals surface area contributed by atoms with Gasteiger partial charge < -0.3 is 10.2 Å². The average Bonchev–Trinajstić information content (AvgIpc) is 3.09. The van der Waals surface area contributed by atoms with Crippen LogP contribution in [0.1, 0.15) is 30.5 Å². The Bertz CT molecular complexity index is 634. The summed E-state index contributed by atoms with van der Waals surface area (Å²) in [6.07, 6.45) is 3.22. The average molecular weight is 312 g/mol. The molecular formula is C14H24N4O2S. The zero-order chi connectivity index (χ0) is 15.2. The van der Waals surface area contributed by atoms with E-state index in [0.717, 1.165) is 18.1 Å². The molecule has 1 aromatic rings. The van der Waals surface area contributed by atoms with Gasteiger partial charge in [-0.25, -0.2) is 8.42 Å². The van der Waals surface area contributed by atoms with E-state index in [4.69, 9.17) is 0 Å². The van der Waals surface area contributed by atoms with Crippen LogP contribution in [0, 0.1) is 6.92 Å². The van der Waals surface area contributed by atoms with Crippen LogP contribution in [-0.4, -0.2) is 48.8 Å². The van der Waals surface area contributed by atoms with Crippen LogP contribution in [0.15, 0.2) is 0 Å². The second kappa shape index (κ2) is 5.28. The third kappa shape index (κ3) is 3.08. The van der Waals surface area contributed by atoms with E-state index in [1.807, 2.05) is 25.7 Å². The lowest BCUT2D eigenvalue weighted by atomic mass is 10.2. The van der Waals surface area contributed by atoms with E-state index in [1.165, 1.54) is 18.4 Å². The summed E-state index contributed by atoms with van der Waals surface area (Å²) in [4.78, 5) is 2.11. The van der Waals surface area contributed by atoms with Gasteiger partial charge in [-0.2, -0.15) is 5.10 Å². The van der Waals surface area contributed by atoms with E-state index >= 15 is 0 Å². The van der Waals surface area contributed by atoms with Crippen LogP contribution in [0.4, 0.5) is 5.82 Å². The van der Waals surface area contributed by atoms with Crippen molar-refractivity contribution < 1.29 is 8.42 Å². The Hall–Kier alpha value is -1.08. The van der Waals surface area contributed by atoms with Crippen LogP contribution >= 0.6 is 0 Å². The molecule has 2 aliphatic rings. The van der Waals surface area contributed by atoms with Gasteiger partial charge in [0.25, 0.3) is 0 Å². The first kappa shape index (κ1) is 14.8. The predicted molar refractivity (Wildman–Crippen MR) is 83.3 cm³/mol. The van der Waals surface area contributed by atoms with E-state index in [1.54, 1.807) is 0 Å². The SMILES string of the molecule is Cc1nn(C)c(N(C)C2CCS(=O)(=O)C2)c1CNC1CC1. The number of hydrogen-bond donors (Lipinski definition) is 1. The first-order valence-electron chi connectivity index (χ1n) is 7.56. The van der Waals surface area contributed by atoms with Gasteiger partial charge in [-0.3, -0.25) is 4.68 Å². The van der Waals surface area contributed by atoms with Gasteiger partial charge in [0, 0.05) is 38.3 Å². The maximum atomic E-state index is 11.7. The molecule has 0 spiro atoms. The van der Waals surface area contributed by atoms with Gasteiger partial charge in [0.1, 0.15) is 5.82 Å². The molecule has 21 heavy (non-hydrogen) atoms. The topological polar surface area (TPSA) is 67.2 Å². The molecule has 1 atom stereocenters. The summed E-state index contributed by atoms with van der Waals surface area (Å²) in [6.45, 7) is 2.83. The Balaban J connectivity index is 1.82. The summed E-state index contributed by atoms with van der Waals surface area (Å²) >= 11 is 0. The molecule has 1 aliphatic carbocycles. The Labute approximate surface area is 126 Å². The highest BCUT2D eigenvalue weighted by Gasteiger charge is 2.33. The minimum absolute atomic E-state index is 0.0597. The summed E-state index contributed by atoms with van der Waals surface area (Å²) in [5.41, 5.74) is 2.21. The van der Waals surface area contributed by atoms with Crippen molar-refractivity contribution >= 4 is 15.7 Å². The minimum Gasteiger partial charge on any atom is -0.356 e. The summed E-state index contributed by atoms with van der Waals surface area (Å²) in [6, 6.07) is 0.707. The molecule has 1 saturated carbocycles. The highest BCUT2D eigenvalue weighted by molar-refractivity contribution is 7.91. The smallest absolute Gasteiger partial charge is 0.152 e. The van der Waals surface area contributed by atoms with E-state index in [2.05, 4.69) is 15.3 Å². The van der Waals surface area contributed by atoms with Gasteiger partial charge in [0.15, 0.2) is 9.84 Å². The Morgan fingerprint density at radius 2 is 2.10 bits per heavy atom. The van der Waals surface area contributed by atoms with Gasteiger partial charge >= 0.3 is 0 Å². The Morgan fingerprint density at radius 1 is 1.38 bits per heavy atom. The van der Waals surface area contributed by atoms with Crippen LogP contribution in [0.3, 0.4) is 0 Å². The molecule has 0 radical (unpaired) electrons. The largest absolute Gasteiger partial charge is 0.356 e. The van der Waals surface area contributed by atoms with Crippen molar-refractivity contribution in [3.8, 4) is 0 Å². The molecule has 2 heterocycles. The van der Waals surface area contributed by atoms with E-state index in [-0.39, 0.29) is 11.8 Å². The maximum Gasteiger partial charge on any atom is 0.152 e. The number of nitrogens with one attached hydrogen (secondary N) is 1. The van der Waals surface area contributed by atoms with Crippen LogP contribution in [0.25, 0.3) is 0 Å². The molecule has 1 saturated heterocycles. The Kier molecular flexibility index (Phi) is 3.73. The maximum absolute atomic E-state index is 11.7. The number of hydrogen-bond acceptors (Lipinski definition) is 5. The van der Waals surface area contributed by atoms with Crippen molar-refractivity contribution in [3.63, 3.8) is 0 Å². The fraction of sp³-hybridized carbons (Fsp3) is 0.786. The molecule has 1 aliphatic heterocycles. The molecule has 0 aromatic carbocycles. The van der Waals surface area contributed by atoms with Crippen molar-refractivity contribution in [2.45, 2.75) is 44.8 Å². The fourth-order valence-corrected chi connectivity index (χ4v) is 4.90. The Morgan fingerprint density at radius 3 is 2.67 bits per heavy atom. The second-order valence-corrected chi connectivity index (χ2v) is 8.56. The third-order valence-electron chi connectivity index (χ3n) is 4.55. The van der Waals surface area contributed by atoms with Crippen molar-refractivity contribution in [1.29, 1.82) is 0 Å². The standard InChI is InChI=1S/C14H24N4O2S/c1-10-13(8-15-11-4-5-11)14(18(3)16-10)17(2)12-6-7-21(19,20)9-12/h11-12,15H,4-9H2,1-3H3. The molecule has 1 N–H and O–H groups in total. The summed E-state index contributed by atoms with van der Waals surface area (Å²) in [7, 11) is 1.05. The summed E-state index contributed by atoms with van der Waals surface area (Å²) < 4.78 is 25.3. The lowest BCUT2D eigenvalue weighted by molar-refractivity contribution is 0.599. The van der Waals surface area contributed by atoms with Gasteiger partial charge in [0.05, 0.1) is 17.2 Å². The van der Waals surface area contributed by atoms with E-state index < -0.39 is 9.84 Å².